The van der Waals surface area contributed by atoms with Crippen molar-refractivity contribution in [2.75, 3.05) is 6.61 Å². The average molecular weight is 532 g/mol. The van der Waals surface area contributed by atoms with E-state index in [-0.39, 0.29) is 5.91 Å². The van der Waals surface area contributed by atoms with Gasteiger partial charge < -0.3 is 10.1 Å². The number of allylic oxidation sites excluding steroid dienone is 1. The molecule has 0 bridgehead atoms. The maximum absolute atomic E-state index is 12.8. The number of aryl methyl sites for hydroxylation is 4. The maximum Gasteiger partial charge on any atom is 0.251 e. The van der Waals surface area contributed by atoms with E-state index < -0.39 is 0 Å². The van der Waals surface area contributed by atoms with Crippen LogP contribution in [0.15, 0.2) is 66.7 Å². The average Bonchev–Trinajstić information content (AvgIpc) is 2.90. The molecule has 3 aromatic carbocycles. The van der Waals surface area contributed by atoms with Gasteiger partial charge in [0.05, 0.1) is 6.61 Å². The van der Waals surface area contributed by atoms with Gasteiger partial charge in [-0.1, -0.05) is 76.9 Å². The molecule has 3 heteroatoms. The summed E-state index contributed by atoms with van der Waals surface area (Å²) in [5.74, 6) is 0.744. The van der Waals surface area contributed by atoms with Crippen LogP contribution in [0.2, 0.25) is 0 Å². The summed E-state index contributed by atoms with van der Waals surface area (Å²) in [6.45, 7) is 27.3. The van der Waals surface area contributed by atoms with Crippen molar-refractivity contribution in [2.24, 2.45) is 0 Å². The minimum Gasteiger partial charge on any atom is -0.494 e. The van der Waals surface area contributed by atoms with Gasteiger partial charge in [-0.25, -0.2) is 0 Å². The highest BCUT2D eigenvalue weighted by molar-refractivity contribution is 5.95. The van der Waals surface area contributed by atoms with Crippen molar-refractivity contribution in [1.29, 1.82) is 0 Å². The van der Waals surface area contributed by atoms with Crippen LogP contribution in [0.5, 0.6) is 5.75 Å². The lowest BCUT2D eigenvalue weighted by Crippen LogP contribution is -2.24. The summed E-state index contributed by atoms with van der Waals surface area (Å²) < 4.78 is 5.65. The Morgan fingerprint density at radius 3 is 1.82 bits per heavy atom. The van der Waals surface area contributed by atoms with Gasteiger partial charge in [0.25, 0.3) is 5.91 Å². The fourth-order valence-corrected chi connectivity index (χ4v) is 3.43. The van der Waals surface area contributed by atoms with Gasteiger partial charge in [-0.3, -0.25) is 4.79 Å². The molecule has 0 atom stereocenters. The van der Waals surface area contributed by atoms with Crippen molar-refractivity contribution in [2.45, 2.75) is 95.5 Å². The van der Waals surface area contributed by atoms with Crippen LogP contribution >= 0.6 is 0 Å². The molecule has 39 heavy (non-hydrogen) atoms. The minimum absolute atomic E-state index is 0.0643. The third-order valence-electron chi connectivity index (χ3n) is 5.54. The van der Waals surface area contributed by atoms with Crippen molar-refractivity contribution in [3.63, 3.8) is 0 Å². The van der Waals surface area contributed by atoms with Crippen molar-refractivity contribution in [3.05, 3.63) is 100 Å². The van der Waals surface area contributed by atoms with E-state index in [1.54, 1.807) is 0 Å². The summed E-state index contributed by atoms with van der Waals surface area (Å²) in [7, 11) is 0. The Labute approximate surface area is 239 Å². The molecule has 1 amide bonds. The SMILES string of the molecule is C=C(C)C.CC.CCC.CCCOc1ccc(C(=O)NCc2cc(-c3ccc(C)c(C)c3)ccc2C)c(C)c1. The van der Waals surface area contributed by atoms with Crippen LogP contribution in [0, 0.1) is 27.7 Å². The summed E-state index contributed by atoms with van der Waals surface area (Å²) in [5.41, 5.74) is 10.0. The molecule has 0 aliphatic heterocycles. The minimum atomic E-state index is -0.0643. The summed E-state index contributed by atoms with van der Waals surface area (Å²) in [5, 5.41) is 3.08. The number of ether oxygens (including phenoxy) is 1. The molecule has 0 aliphatic rings. The van der Waals surface area contributed by atoms with Gasteiger partial charge in [0, 0.05) is 12.1 Å². The van der Waals surface area contributed by atoms with Crippen LogP contribution in [0.3, 0.4) is 0 Å². The topological polar surface area (TPSA) is 38.3 Å². The van der Waals surface area contributed by atoms with E-state index in [1.165, 1.54) is 39.8 Å². The van der Waals surface area contributed by atoms with Crippen molar-refractivity contribution in [1.82, 2.24) is 5.32 Å². The Morgan fingerprint density at radius 1 is 0.769 bits per heavy atom. The summed E-state index contributed by atoms with van der Waals surface area (Å²) >= 11 is 0. The Bertz CT molecular complexity index is 1160. The molecule has 0 saturated carbocycles. The van der Waals surface area contributed by atoms with Crippen LogP contribution in [0.25, 0.3) is 11.1 Å². The first kappa shape index (κ1) is 35.7. The Balaban J connectivity index is 0.00000142. The fraction of sp³-hybridized carbons (Fsp3) is 0.417. The quantitative estimate of drug-likeness (QED) is 0.308. The van der Waals surface area contributed by atoms with E-state index in [2.05, 4.69) is 89.8 Å². The number of carbonyl (C=O) groups is 1. The molecule has 0 aromatic heterocycles. The van der Waals surface area contributed by atoms with Crippen LogP contribution in [0.4, 0.5) is 0 Å². The molecule has 0 saturated heterocycles. The van der Waals surface area contributed by atoms with Gasteiger partial charge in [0.2, 0.25) is 0 Å². The molecule has 0 aliphatic carbocycles. The van der Waals surface area contributed by atoms with Crippen LogP contribution in [-0.4, -0.2) is 12.5 Å². The first-order valence-electron chi connectivity index (χ1n) is 14.3. The number of hydrogen-bond acceptors (Lipinski definition) is 2. The molecular weight excluding hydrogens is 478 g/mol. The zero-order valence-electron chi connectivity index (χ0n) is 26.5. The second kappa shape index (κ2) is 19.7. The predicted octanol–water partition coefficient (Wildman–Crippen LogP) is 10.3. The van der Waals surface area contributed by atoms with Crippen LogP contribution in [0.1, 0.15) is 99.5 Å². The Hall–Kier alpha value is -3.33. The lowest BCUT2D eigenvalue weighted by molar-refractivity contribution is 0.0950. The number of hydrogen-bond donors (Lipinski definition) is 1. The number of carbonyl (C=O) groups excluding carboxylic acids is 1. The highest BCUT2D eigenvalue weighted by Crippen LogP contribution is 2.25. The smallest absolute Gasteiger partial charge is 0.251 e. The monoisotopic (exact) mass is 531 g/mol. The summed E-state index contributed by atoms with van der Waals surface area (Å²) in [6.07, 6.45) is 2.21. The fourth-order valence-electron chi connectivity index (χ4n) is 3.43. The molecule has 1 N–H and O–H groups in total. The van der Waals surface area contributed by atoms with E-state index in [0.717, 1.165) is 23.3 Å². The summed E-state index contributed by atoms with van der Waals surface area (Å²) in [6, 6.07) is 18.6. The van der Waals surface area contributed by atoms with Crippen LogP contribution < -0.4 is 10.1 Å². The molecule has 3 rings (SSSR count). The first-order valence-corrected chi connectivity index (χ1v) is 14.3. The normalized spacial score (nSPS) is 9.51. The molecule has 3 nitrogen and oxygen atoms in total. The maximum atomic E-state index is 12.8. The first-order chi connectivity index (χ1) is 18.5. The van der Waals surface area contributed by atoms with E-state index in [4.69, 9.17) is 4.74 Å². The molecular formula is C36H53NO2. The summed E-state index contributed by atoms with van der Waals surface area (Å²) in [4.78, 5) is 12.8. The number of rotatable bonds is 7. The van der Waals surface area contributed by atoms with Gasteiger partial charge in [-0.05, 0) is 111 Å². The lowest BCUT2D eigenvalue weighted by atomic mass is 9.97. The molecule has 214 valence electrons. The van der Waals surface area contributed by atoms with Crippen LogP contribution in [-0.2, 0) is 6.54 Å². The van der Waals surface area contributed by atoms with Crippen molar-refractivity contribution in [3.8, 4) is 16.9 Å². The molecule has 0 heterocycles. The molecule has 0 unspecified atom stereocenters. The van der Waals surface area contributed by atoms with Gasteiger partial charge >= 0.3 is 0 Å². The van der Waals surface area contributed by atoms with E-state index >= 15 is 0 Å². The Kier molecular flexibility index (Phi) is 18.0. The van der Waals surface area contributed by atoms with Crippen molar-refractivity contribution < 1.29 is 9.53 Å². The zero-order chi connectivity index (χ0) is 30.0. The van der Waals surface area contributed by atoms with Gasteiger partial charge in [0.15, 0.2) is 0 Å². The number of amides is 1. The number of nitrogens with one attached hydrogen (secondary N) is 1. The van der Waals surface area contributed by atoms with Gasteiger partial charge in [-0.2, -0.15) is 0 Å². The molecule has 3 aromatic rings. The second-order valence-corrected chi connectivity index (χ2v) is 9.86. The highest BCUT2D eigenvalue weighted by Gasteiger charge is 2.11. The van der Waals surface area contributed by atoms with Crippen molar-refractivity contribution >= 4 is 5.91 Å². The zero-order valence-corrected chi connectivity index (χ0v) is 26.5. The predicted molar refractivity (Wildman–Crippen MR) is 172 cm³/mol. The highest BCUT2D eigenvalue weighted by atomic mass is 16.5. The van der Waals surface area contributed by atoms with E-state index in [9.17, 15) is 4.79 Å². The third-order valence-corrected chi connectivity index (χ3v) is 5.54. The standard InChI is InChI=1S/C27H31NO2.C4H8.C3H8.C2H6/c1-6-13-30-25-11-12-26(21(5)15-25)27(29)28-17-24-16-23(10-8-19(24)3)22-9-7-18(2)20(4)14-22;1-4(2)3;1-3-2;1-2/h7-12,14-16H,6,13,17H2,1-5H3,(H,28,29);1H2,2-3H3;3H2,1-2H3;1-2H3. The molecule has 0 fully saturated rings. The largest absolute Gasteiger partial charge is 0.494 e. The Morgan fingerprint density at radius 2 is 1.31 bits per heavy atom. The number of benzene rings is 3. The lowest BCUT2D eigenvalue weighted by Gasteiger charge is -2.13. The molecule has 0 radical (unpaired) electrons. The van der Waals surface area contributed by atoms with Gasteiger partial charge in [0.1, 0.15) is 5.75 Å². The third kappa shape index (κ3) is 13.3. The van der Waals surface area contributed by atoms with E-state index in [0.29, 0.717) is 18.7 Å². The van der Waals surface area contributed by atoms with Gasteiger partial charge in [-0.15, -0.1) is 6.58 Å². The molecule has 0 spiro atoms. The van der Waals surface area contributed by atoms with E-state index in [1.807, 2.05) is 52.8 Å². The second-order valence-electron chi connectivity index (χ2n) is 9.86.